The highest BCUT2D eigenvalue weighted by molar-refractivity contribution is 7.99. The number of halogens is 2. The van der Waals surface area contributed by atoms with Crippen molar-refractivity contribution in [1.29, 1.82) is 0 Å². The molecule has 0 atom stereocenters. The lowest BCUT2D eigenvalue weighted by Crippen LogP contribution is -2.03. The Morgan fingerprint density at radius 2 is 1.96 bits per heavy atom. The van der Waals surface area contributed by atoms with Crippen molar-refractivity contribution in [3.63, 3.8) is 0 Å². The highest BCUT2D eigenvalue weighted by Crippen LogP contribution is 2.28. The van der Waals surface area contributed by atoms with E-state index in [0.717, 1.165) is 9.71 Å². The predicted molar refractivity (Wildman–Crippen MR) is 99.0 cm³/mol. The first kappa shape index (κ1) is 19.0. The summed E-state index contributed by atoms with van der Waals surface area (Å²) in [6, 6.07) is 7.73. The van der Waals surface area contributed by atoms with E-state index in [1.54, 1.807) is 23.9 Å². The number of aromatic nitrogens is 3. The van der Waals surface area contributed by atoms with Crippen molar-refractivity contribution in [2.45, 2.75) is 30.5 Å². The lowest BCUT2D eigenvalue weighted by Gasteiger charge is -2.10. The highest BCUT2D eigenvalue weighted by Gasteiger charge is 2.17. The molecule has 2 aromatic heterocycles. The fourth-order valence-corrected chi connectivity index (χ4v) is 3.35. The second-order valence-electron chi connectivity index (χ2n) is 6.18. The third kappa shape index (κ3) is 4.51. The van der Waals surface area contributed by atoms with E-state index >= 15 is 0 Å². The number of benzene rings is 1. The molecule has 5 nitrogen and oxygen atoms in total. The van der Waals surface area contributed by atoms with Gasteiger partial charge in [0.05, 0.1) is 23.3 Å². The van der Waals surface area contributed by atoms with Crippen molar-refractivity contribution in [2.24, 2.45) is 0 Å². The molecule has 0 fully saturated rings. The van der Waals surface area contributed by atoms with Crippen LogP contribution in [0.4, 0.5) is 8.78 Å². The molecule has 0 radical (unpaired) electrons. The summed E-state index contributed by atoms with van der Waals surface area (Å²) in [6.45, 7) is 4.08. The van der Waals surface area contributed by atoms with Crippen LogP contribution in [-0.4, -0.2) is 31.1 Å². The number of carboxylic acid groups (broad SMARTS) is 1. The van der Waals surface area contributed by atoms with Crippen molar-refractivity contribution < 1.29 is 18.7 Å². The van der Waals surface area contributed by atoms with Gasteiger partial charge < -0.3 is 5.11 Å². The monoisotopic (exact) mass is 389 g/mol. The third-order valence-electron chi connectivity index (χ3n) is 3.61. The number of hydrogen-bond donors (Lipinski definition) is 1. The number of thioether (sulfide) groups is 1. The largest absolute Gasteiger partial charge is 0.481 e. The molecule has 0 aliphatic rings. The van der Waals surface area contributed by atoms with E-state index in [2.05, 4.69) is 10.1 Å². The smallest absolute Gasteiger partial charge is 0.307 e. The molecule has 1 N–H and O–H groups in total. The van der Waals surface area contributed by atoms with Gasteiger partial charge in [-0.3, -0.25) is 4.79 Å². The predicted octanol–water partition coefficient (Wildman–Crippen LogP) is 4.34. The first-order chi connectivity index (χ1) is 12.8. The van der Waals surface area contributed by atoms with Crippen LogP contribution < -0.4 is 0 Å². The first-order valence-electron chi connectivity index (χ1n) is 8.22. The molecule has 2 heterocycles. The fraction of sp³-hybridized carbons (Fsp3) is 0.211. The van der Waals surface area contributed by atoms with Gasteiger partial charge in [-0.2, -0.15) is 5.10 Å². The molecule has 140 valence electrons. The topological polar surface area (TPSA) is 68.0 Å². The van der Waals surface area contributed by atoms with Crippen LogP contribution in [-0.2, 0) is 11.2 Å². The summed E-state index contributed by atoms with van der Waals surface area (Å²) < 4.78 is 30.2. The zero-order valence-corrected chi connectivity index (χ0v) is 15.5. The zero-order valence-electron chi connectivity index (χ0n) is 14.7. The molecule has 0 spiro atoms. The van der Waals surface area contributed by atoms with Gasteiger partial charge >= 0.3 is 5.97 Å². The molecule has 3 rings (SSSR count). The number of carbonyl (C=O) groups is 1. The van der Waals surface area contributed by atoms with Crippen molar-refractivity contribution in [2.75, 3.05) is 0 Å². The van der Waals surface area contributed by atoms with Crippen LogP contribution in [0.3, 0.4) is 0 Å². The van der Waals surface area contributed by atoms with Crippen molar-refractivity contribution in [3.05, 3.63) is 59.9 Å². The van der Waals surface area contributed by atoms with Crippen molar-refractivity contribution in [3.8, 4) is 16.9 Å². The van der Waals surface area contributed by atoms with Crippen LogP contribution >= 0.6 is 11.8 Å². The summed E-state index contributed by atoms with van der Waals surface area (Å²) in [4.78, 5) is 15.2. The molecule has 0 bridgehead atoms. The minimum atomic E-state index is -1.05. The van der Waals surface area contributed by atoms with Gasteiger partial charge in [0.1, 0.15) is 5.69 Å². The molecule has 1 aromatic carbocycles. The standard InChI is InChI=1S/C19H17F2N3O2S/c1-11(2)27-17-5-3-4-16(23-17)13-7-14(20)19(15(21)8-13)24-10-12(9-22-24)6-18(25)26/h3-5,7-11H,6H2,1-2H3,(H,25,26). The average Bonchev–Trinajstić information content (AvgIpc) is 3.01. The van der Waals surface area contributed by atoms with E-state index in [9.17, 15) is 13.6 Å². The van der Waals surface area contributed by atoms with E-state index in [1.807, 2.05) is 19.9 Å². The molecule has 27 heavy (non-hydrogen) atoms. The quantitative estimate of drug-likeness (QED) is 0.635. The molecule has 0 unspecified atom stereocenters. The Hall–Kier alpha value is -2.74. The van der Waals surface area contributed by atoms with E-state index in [0.29, 0.717) is 22.1 Å². The van der Waals surface area contributed by atoms with Crippen molar-refractivity contribution in [1.82, 2.24) is 14.8 Å². The summed E-state index contributed by atoms with van der Waals surface area (Å²) in [5.41, 5.74) is 0.781. The summed E-state index contributed by atoms with van der Waals surface area (Å²) in [6.07, 6.45) is 2.30. The minimum Gasteiger partial charge on any atom is -0.481 e. The number of hydrogen-bond acceptors (Lipinski definition) is 4. The van der Waals surface area contributed by atoms with Gasteiger partial charge in [0.25, 0.3) is 0 Å². The molecule has 3 aromatic rings. The SMILES string of the molecule is CC(C)Sc1cccc(-c2cc(F)c(-n3cc(CC(=O)O)cn3)c(F)c2)n1. The number of aliphatic carboxylic acids is 1. The number of carboxylic acids is 1. The highest BCUT2D eigenvalue weighted by atomic mass is 32.2. The van der Waals surface area contributed by atoms with Crippen LogP contribution in [0.1, 0.15) is 19.4 Å². The lowest BCUT2D eigenvalue weighted by atomic mass is 10.1. The second-order valence-corrected chi connectivity index (χ2v) is 7.78. The van der Waals surface area contributed by atoms with Crippen LogP contribution in [0.2, 0.25) is 0 Å². The Balaban J connectivity index is 1.96. The van der Waals surface area contributed by atoms with Gasteiger partial charge in [-0.15, -0.1) is 11.8 Å². The lowest BCUT2D eigenvalue weighted by molar-refractivity contribution is -0.136. The Labute approximate surface area is 159 Å². The Morgan fingerprint density at radius 3 is 2.59 bits per heavy atom. The van der Waals surface area contributed by atoms with Gasteiger partial charge in [0.2, 0.25) is 0 Å². The van der Waals surface area contributed by atoms with Gasteiger partial charge in [-0.25, -0.2) is 18.4 Å². The molecule has 0 amide bonds. The van der Waals surface area contributed by atoms with E-state index < -0.39 is 17.6 Å². The Bertz CT molecular complexity index is 966. The van der Waals surface area contributed by atoms with Gasteiger partial charge in [-0.1, -0.05) is 19.9 Å². The maximum Gasteiger partial charge on any atom is 0.307 e. The van der Waals surface area contributed by atoms with Gasteiger partial charge in [-0.05, 0) is 24.3 Å². The third-order valence-corrected chi connectivity index (χ3v) is 4.55. The van der Waals surface area contributed by atoms with Crippen LogP contribution in [0.5, 0.6) is 0 Å². The number of pyridine rings is 1. The average molecular weight is 389 g/mol. The normalized spacial score (nSPS) is 11.1. The Kier molecular flexibility index (Phi) is 5.55. The molecular weight excluding hydrogens is 372 g/mol. The minimum absolute atomic E-state index is 0.272. The number of nitrogens with zero attached hydrogens (tertiary/aromatic N) is 3. The maximum atomic E-state index is 14.6. The maximum absolute atomic E-state index is 14.6. The molecule has 8 heteroatoms. The summed E-state index contributed by atoms with van der Waals surface area (Å²) in [5.74, 6) is -2.66. The molecule has 0 saturated carbocycles. The Morgan fingerprint density at radius 1 is 1.26 bits per heavy atom. The van der Waals surface area contributed by atoms with E-state index in [-0.39, 0.29) is 12.1 Å². The zero-order chi connectivity index (χ0) is 19.6. The molecule has 0 aliphatic carbocycles. The van der Waals surface area contributed by atoms with Gasteiger partial charge in [0.15, 0.2) is 11.6 Å². The van der Waals surface area contributed by atoms with Crippen LogP contribution in [0.15, 0.2) is 47.8 Å². The van der Waals surface area contributed by atoms with E-state index in [1.165, 1.54) is 24.5 Å². The fourth-order valence-electron chi connectivity index (χ4n) is 2.56. The summed E-state index contributed by atoms with van der Waals surface area (Å²) in [7, 11) is 0. The second kappa shape index (κ2) is 7.87. The summed E-state index contributed by atoms with van der Waals surface area (Å²) in [5, 5.41) is 13.8. The first-order valence-corrected chi connectivity index (χ1v) is 9.10. The van der Waals surface area contributed by atoms with Crippen molar-refractivity contribution >= 4 is 17.7 Å². The van der Waals surface area contributed by atoms with Crippen LogP contribution in [0, 0.1) is 11.6 Å². The van der Waals surface area contributed by atoms with Gasteiger partial charge in [0, 0.05) is 22.6 Å². The number of rotatable bonds is 6. The van der Waals surface area contributed by atoms with E-state index in [4.69, 9.17) is 5.11 Å². The molecule has 0 saturated heterocycles. The molecular formula is C19H17F2N3O2S. The molecule has 0 aliphatic heterocycles. The summed E-state index contributed by atoms with van der Waals surface area (Å²) >= 11 is 1.56. The van der Waals surface area contributed by atoms with Crippen LogP contribution in [0.25, 0.3) is 16.9 Å².